The van der Waals surface area contributed by atoms with Gasteiger partial charge in [-0.3, -0.25) is 4.79 Å². The molecular formula is C14H17BrFNO3. The van der Waals surface area contributed by atoms with Crippen molar-refractivity contribution >= 4 is 27.8 Å². The second-order valence-corrected chi connectivity index (χ2v) is 6.27. The molecule has 0 unspecified atom stereocenters. The number of hydrogen-bond acceptors (Lipinski definition) is 3. The molecule has 0 bridgehead atoms. The summed E-state index contributed by atoms with van der Waals surface area (Å²) in [6.45, 7) is 6.97. The number of rotatable bonds is 3. The lowest BCUT2D eigenvalue weighted by Crippen LogP contribution is -2.46. The smallest absolute Gasteiger partial charge is 0.340 e. The number of halogens is 2. The van der Waals surface area contributed by atoms with Crippen LogP contribution in [0.5, 0.6) is 0 Å². The van der Waals surface area contributed by atoms with Gasteiger partial charge in [-0.1, -0.05) is 0 Å². The molecule has 4 nitrogen and oxygen atoms in total. The van der Waals surface area contributed by atoms with E-state index in [1.807, 2.05) is 20.8 Å². The molecule has 20 heavy (non-hydrogen) atoms. The number of benzene rings is 1. The van der Waals surface area contributed by atoms with Crippen molar-refractivity contribution in [3.8, 4) is 0 Å². The fourth-order valence-electron chi connectivity index (χ4n) is 1.40. The van der Waals surface area contributed by atoms with Crippen molar-refractivity contribution in [1.82, 2.24) is 5.32 Å². The molecule has 1 aromatic rings. The minimum atomic E-state index is -0.932. The Morgan fingerprint density at radius 3 is 2.45 bits per heavy atom. The molecule has 0 heterocycles. The summed E-state index contributed by atoms with van der Waals surface area (Å²) in [7, 11) is 0. The van der Waals surface area contributed by atoms with Gasteiger partial charge in [0.05, 0.1) is 5.56 Å². The second kappa shape index (κ2) is 6.35. The lowest BCUT2D eigenvalue weighted by molar-refractivity contribution is -0.130. The van der Waals surface area contributed by atoms with Crippen LogP contribution in [-0.2, 0) is 9.53 Å². The van der Waals surface area contributed by atoms with E-state index >= 15 is 0 Å². The van der Waals surface area contributed by atoms with E-state index in [4.69, 9.17) is 4.74 Å². The lowest BCUT2D eigenvalue weighted by atomic mass is 10.1. The first-order valence-electron chi connectivity index (χ1n) is 6.08. The van der Waals surface area contributed by atoms with Crippen molar-refractivity contribution in [2.24, 2.45) is 0 Å². The zero-order valence-electron chi connectivity index (χ0n) is 11.8. The number of nitrogens with one attached hydrogen (secondary N) is 1. The zero-order chi connectivity index (χ0) is 15.5. The minimum absolute atomic E-state index is 0.168. The van der Waals surface area contributed by atoms with E-state index in [-0.39, 0.29) is 15.9 Å². The Balaban J connectivity index is 2.73. The highest BCUT2D eigenvalue weighted by Gasteiger charge is 2.23. The van der Waals surface area contributed by atoms with Crippen LogP contribution in [0.4, 0.5) is 4.39 Å². The summed E-state index contributed by atoms with van der Waals surface area (Å²) in [6, 6.07) is 3.62. The van der Waals surface area contributed by atoms with Crippen molar-refractivity contribution < 1.29 is 18.7 Å². The summed E-state index contributed by atoms with van der Waals surface area (Å²) < 4.78 is 18.3. The van der Waals surface area contributed by atoms with Gasteiger partial charge >= 0.3 is 5.97 Å². The highest BCUT2D eigenvalue weighted by Crippen LogP contribution is 2.19. The predicted molar refractivity (Wildman–Crippen MR) is 76.9 cm³/mol. The zero-order valence-corrected chi connectivity index (χ0v) is 13.4. The maximum absolute atomic E-state index is 12.9. The van der Waals surface area contributed by atoms with Crippen LogP contribution < -0.4 is 5.32 Å². The molecule has 1 atom stereocenters. The van der Waals surface area contributed by atoms with E-state index in [0.717, 1.165) is 12.1 Å². The van der Waals surface area contributed by atoms with Crippen LogP contribution in [0, 0.1) is 5.82 Å². The van der Waals surface area contributed by atoms with E-state index in [1.165, 1.54) is 13.0 Å². The Morgan fingerprint density at radius 2 is 1.95 bits per heavy atom. The molecule has 1 amide bonds. The van der Waals surface area contributed by atoms with E-state index in [2.05, 4.69) is 21.2 Å². The van der Waals surface area contributed by atoms with Crippen LogP contribution >= 0.6 is 15.9 Å². The third-order valence-corrected chi connectivity index (χ3v) is 2.96. The first-order chi connectivity index (χ1) is 9.10. The highest BCUT2D eigenvalue weighted by atomic mass is 79.9. The average molecular weight is 346 g/mol. The molecule has 0 saturated heterocycles. The Hall–Kier alpha value is -1.43. The first kappa shape index (κ1) is 16.6. The van der Waals surface area contributed by atoms with Crippen LogP contribution in [0.3, 0.4) is 0 Å². The van der Waals surface area contributed by atoms with Gasteiger partial charge in [0.2, 0.25) is 0 Å². The molecule has 0 aliphatic heterocycles. The first-order valence-corrected chi connectivity index (χ1v) is 6.87. The maximum Gasteiger partial charge on any atom is 0.340 e. The highest BCUT2D eigenvalue weighted by molar-refractivity contribution is 9.10. The third-order valence-electron chi connectivity index (χ3n) is 2.30. The Bertz CT molecular complexity index is 526. The monoisotopic (exact) mass is 345 g/mol. The molecule has 0 aliphatic carbocycles. The number of hydrogen-bond donors (Lipinski definition) is 1. The van der Waals surface area contributed by atoms with E-state index in [9.17, 15) is 14.0 Å². The lowest BCUT2D eigenvalue weighted by Gasteiger charge is -2.23. The average Bonchev–Trinajstić information content (AvgIpc) is 2.26. The maximum atomic E-state index is 12.9. The quantitative estimate of drug-likeness (QED) is 0.856. The summed E-state index contributed by atoms with van der Waals surface area (Å²) in [5.41, 5.74) is -0.240. The van der Waals surface area contributed by atoms with Crippen LogP contribution in [-0.4, -0.2) is 23.5 Å². The minimum Gasteiger partial charge on any atom is -0.449 e. The second-order valence-electron chi connectivity index (χ2n) is 5.41. The summed E-state index contributed by atoms with van der Waals surface area (Å²) in [5, 5.41) is 2.71. The van der Waals surface area contributed by atoms with Crippen molar-refractivity contribution in [1.29, 1.82) is 0 Å². The Labute approximate surface area is 125 Å². The molecular weight excluding hydrogens is 329 g/mol. The van der Waals surface area contributed by atoms with Gasteiger partial charge in [0.1, 0.15) is 5.82 Å². The molecule has 0 radical (unpaired) electrons. The molecule has 6 heteroatoms. The summed E-state index contributed by atoms with van der Waals surface area (Å²) in [4.78, 5) is 23.7. The van der Waals surface area contributed by atoms with Gasteiger partial charge in [-0.15, -0.1) is 0 Å². The largest absolute Gasteiger partial charge is 0.449 e. The molecule has 1 aromatic carbocycles. The molecule has 0 aromatic heterocycles. The predicted octanol–water partition coefficient (Wildman–Crippen LogP) is 3.05. The number of carbonyl (C=O) groups is 2. The summed E-state index contributed by atoms with van der Waals surface area (Å²) >= 11 is 3.08. The molecule has 110 valence electrons. The van der Waals surface area contributed by atoms with Gasteiger partial charge in [-0.25, -0.2) is 9.18 Å². The van der Waals surface area contributed by atoms with Crippen molar-refractivity contribution in [3.63, 3.8) is 0 Å². The van der Waals surface area contributed by atoms with E-state index < -0.39 is 23.4 Å². The standard InChI is InChI=1S/C14H17BrFNO3/c1-8(12(18)17-14(2,3)4)20-13(19)10-6-5-9(16)7-11(10)15/h5-8H,1-4H3,(H,17,18)/t8-/m1/s1. The Kier molecular flexibility index (Phi) is 5.28. The topological polar surface area (TPSA) is 55.4 Å². The fourth-order valence-corrected chi connectivity index (χ4v) is 1.92. The van der Waals surface area contributed by atoms with Gasteiger partial charge in [-0.05, 0) is 61.8 Å². The van der Waals surface area contributed by atoms with Gasteiger partial charge in [0.15, 0.2) is 6.10 Å². The SMILES string of the molecule is C[C@@H](OC(=O)c1ccc(F)cc1Br)C(=O)NC(C)(C)C. The number of ether oxygens (including phenoxy) is 1. The molecule has 0 spiro atoms. The normalized spacial score (nSPS) is 12.7. The van der Waals surface area contributed by atoms with E-state index in [1.54, 1.807) is 0 Å². The number of carbonyl (C=O) groups excluding carboxylic acids is 2. The van der Waals surface area contributed by atoms with Gasteiger partial charge in [0.25, 0.3) is 5.91 Å². The Morgan fingerprint density at radius 1 is 1.35 bits per heavy atom. The van der Waals surface area contributed by atoms with Crippen molar-refractivity contribution in [2.75, 3.05) is 0 Å². The third kappa shape index (κ3) is 4.92. The summed E-state index contributed by atoms with van der Waals surface area (Å²) in [5.74, 6) is -1.54. The van der Waals surface area contributed by atoms with Crippen LogP contribution in [0.1, 0.15) is 38.1 Å². The van der Waals surface area contributed by atoms with E-state index in [0.29, 0.717) is 0 Å². The van der Waals surface area contributed by atoms with Crippen LogP contribution in [0.25, 0.3) is 0 Å². The van der Waals surface area contributed by atoms with Crippen molar-refractivity contribution in [2.45, 2.75) is 39.3 Å². The van der Waals surface area contributed by atoms with Crippen LogP contribution in [0.2, 0.25) is 0 Å². The molecule has 0 saturated carbocycles. The summed E-state index contributed by atoms with van der Waals surface area (Å²) in [6.07, 6.45) is -0.932. The molecule has 0 aliphatic rings. The van der Waals surface area contributed by atoms with Crippen molar-refractivity contribution in [3.05, 3.63) is 34.1 Å². The van der Waals surface area contributed by atoms with Gasteiger partial charge in [-0.2, -0.15) is 0 Å². The van der Waals surface area contributed by atoms with Gasteiger partial charge in [0, 0.05) is 10.0 Å². The van der Waals surface area contributed by atoms with Crippen LogP contribution in [0.15, 0.2) is 22.7 Å². The number of amides is 1. The van der Waals surface area contributed by atoms with Gasteiger partial charge < -0.3 is 10.1 Å². The number of esters is 1. The molecule has 0 fully saturated rings. The molecule has 1 rings (SSSR count). The fraction of sp³-hybridized carbons (Fsp3) is 0.429. The molecule has 1 N–H and O–H groups in total.